The molecule has 1 aromatic heterocycles. The predicted octanol–water partition coefficient (Wildman–Crippen LogP) is 3.41. The highest BCUT2D eigenvalue weighted by atomic mass is 35.5. The zero-order valence-corrected chi connectivity index (χ0v) is 12.0. The second kappa shape index (κ2) is 7.25. The highest BCUT2D eigenvalue weighted by Crippen LogP contribution is 2.18. The molecule has 1 unspecified atom stereocenters. The molecular formula is C10H16ClN3S2. The topological polar surface area (TPSA) is 37.8 Å². The normalized spacial score (nSPS) is 12.5. The number of thioether (sulfide) groups is 2. The van der Waals surface area contributed by atoms with Gasteiger partial charge in [0.15, 0.2) is 5.16 Å². The Morgan fingerprint density at radius 3 is 2.81 bits per heavy atom. The molecule has 0 fully saturated rings. The van der Waals surface area contributed by atoms with Gasteiger partial charge in [-0.25, -0.2) is 9.97 Å². The summed E-state index contributed by atoms with van der Waals surface area (Å²) in [5.41, 5.74) is 0. The van der Waals surface area contributed by atoms with Gasteiger partial charge in [-0.1, -0.05) is 23.4 Å². The standard InChI is InChI=1S/C10H16ClN3S2/c1-7(4-5-15-2)12-9-6-8(11)13-10(14-9)16-3/h6-7H,4-5H2,1-3H3,(H,12,13,14). The quantitative estimate of drug-likeness (QED) is 0.490. The first-order chi connectivity index (χ1) is 7.65. The molecule has 1 aromatic rings. The first kappa shape index (κ1) is 13.9. The fourth-order valence-corrected chi connectivity index (χ4v) is 2.38. The molecule has 0 bridgehead atoms. The number of hydrogen-bond acceptors (Lipinski definition) is 5. The second-order valence-electron chi connectivity index (χ2n) is 3.39. The van der Waals surface area contributed by atoms with Crippen molar-refractivity contribution in [3.63, 3.8) is 0 Å². The van der Waals surface area contributed by atoms with Gasteiger partial charge in [0.2, 0.25) is 0 Å². The van der Waals surface area contributed by atoms with E-state index in [-0.39, 0.29) is 0 Å². The van der Waals surface area contributed by atoms with Crippen molar-refractivity contribution in [1.82, 2.24) is 9.97 Å². The lowest BCUT2D eigenvalue weighted by Gasteiger charge is -2.14. The van der Waals surface area contributed by atoms with Crippen LogP contribution in [0.1, 0.15) is 13.3 Å². The number of anilines is 1. The van der Waals surface area contributed by atoms with E-state index in [1.54, 1.807) is 6.07 Å². The van der Waals surface area contributed by atoms with Crippen LogP contribution in [0.4, 0.5) is 5.82 Å². The Kier molecular flexibility index (Phi) is 6.31. The number of rotatable bonds is 6. The van der Waals surface area contributed by atoms with E-state index in [1.807, 2.05) is 18.0 Å². The maximum Gasteiger partial charge on any atom is 0.190 e. The van der Waals surface area contributed by atoms with E-state index in [0.29, 0.717) is 16.4 Å². The third kappa shape index (κ3) is 4.80. The zero-order valence-electron chi connectivity index (χ0n) is 9.66. The molecule has 0 aromatic carbocycles. The van der Waals surface area contributed by atoms with Crippen molar-refractivity contribution in [2.24, 2.45) is 0 Å². The molecule has 0 spiro atoms. The van der Waals surface area contributed by atoms with Crippen molar-refractivity contribution in [3.8, 4) is 0 Å². The second-order valence-corrected chi connectivity index (χ2v) is 5.54. The summed E-state index contributed by atoms with van der Waals surface area (Å²) >= 11 is 9.25. The summed E-state index contributed by atoms with van der Waals surface area (Å²) < 4.78 is 0. The van der Waals surface area contributed by atoms with Gasteiger partial charge >= 0.3 is 0 Å². The predicted molar refractivity (Wildman–Crippen MR) is 74.9 cm³/mol. The molecule has 0 saturated carbocycles. The van der Waals surface area contributed by atoms with E-state index >= 15 is 0 Å². The molecule has 0 radical (unpaired) electrons. The molecule has 0 saturated heterocycles. The van der Waals surface area contributed by atoms with Gasteiger partial charge in [0.1, 0.15) is 11.0 Å². The van der Waals surface area contributed by atoms with Crippen molar-refractivity contribution in [3.05, 3.63) is 11.2 Å². The molecule has 1 atom stereocenters. The largest absolute Gasteiger partial charge is 0.367 e. The minimum atomic E-state index is 0.396. The SMILES string of the molecule is CSCCC(C)Nc1cc(Cl)nc(SC)n1. The fraction of sp³-hybridized carbons (Fsp3) is 0.600. The van der Waals surface area contributed by atoms with Crippen molar-refractivity contribution in [2.75, 3.05) is 23.6 Å². The number of halogens is 1. The van der Waals surface area contributed by atoms with Crippen molar-refractivity contribution < 1.29 is 0 Å². The van der Waals surface area contributed by atoms with E-state index in [4.69, 9.17) is 11.6 Å². The van der Waals surface area contributed by atoms with E-state index in [1.165, 1.54) is 11.8 Å². The third-order valence-corrected chi connectivity index (χ3v) is 3.39. The summed E-state index contributed by atoms with van der Waals surface area (Å²) in [7, 11) is 0. The first-order valence-electron chi connectivity index (χ1n) is 4.99. The molecule has 0 aliphatic carbocycles. The molecule has 16 heavy (non-hydrogen) atoms. The fourth-order valence-electron chi connectivity index (χ4n) is 1.18. The summed E-state index contributed by atoms with van der Waals surface area (Å²) in [5, 5.41) is 4.52. The Morgan fingerprint density at radius 1 is 1.44 bits per heavy atom. The van der Waals surface area contributed by atoms with Crippen LogP contribution in [0.3, 0.4) is 0 Å². The Balaban J connectivity index is 2.61. The van der Waals surface area contributed by atoms with E-state index in [9.17, 15) is 0 Å². The Bertz CT molecular complexity index is 336. The van der Waals surface area contributed by atoms with Crippen LogP contribution < -0.4 is 5.32 Å². The Hall–Kier alpha value is -0.130. The van der Waals surface area contributed by atoms with Crippen LogP contribution >= 0.6 is 35.1 Å². The average Bonchev–Trinajstić information content (AvgIpc) is 2.25. The van der Waals surface area contributed by atoms with Gasteiger partial charge in [-0.05, 0) is 31.6 Å². The molecule has 1 heterocycles. The number of nitrogens with zero attached hydrogens (tertiary/aromatic N) is 2. The van der Waals surface area contributed by atoms with Crippen molar-refractivity contribution in [2.45, 2.75) is 24.5 Å². The molecule has 0 amide bonds. The first-order valence-corrected chi connectivity index (χ1v) is 7.99. The van der Waals surface area contributed by atoms with Gasteiger partial charge in [-0.3, -0.25) is 0 Å². The summed E-state index contributed by atoms with van der Waals surface area (Å²) in [4.78, 5) is 8.44. The van der Waals surface area contributed by atoms with Crippen LogP contribution in [-0.4, -0.2) is 34.3 Å². The number of nitrogens with one attached hydrogen (secondary N) is 1. The molecule has 3 nitrogen and oxygen atoms in total. The van der Waals surface area contributed by atoms with Crippen molar-refractivity contribution in [1.29, 1.82) is 0 Å². The van der Waals surface area contributed by atoms with Gasteiger partial charge in [0.25, 0.3) is 0 Å². The molecular weight excluding hydrogens is 262 g/mol. The van der Waals surface area contributed by atoms with Crippen LogP contribution in [0, 0.1) is 0 Å². The smallest absolute Gasteiger partial charge is 0.190 e. The van der Waals surface area contributed by atoms with Gasteiger partial charge < -0.3 is 5.32 Å². The molecule has 90 valence electrons. The summed E-state index contributed by atoms with van der Waals surface area (Å²) in [5.74, 6) is 1.94. The maximum atomic E-state index is 5.91. The van der Waals surface area contributed by atoms with Crippen molar-refractivity contribution >= 4 is 40.9 Å². The molecule has 6 heteroatoms. The van der Waals surface area contributed by atoms with Gasteiger partial charge in [0.05, 0.1) is 0 Å². The summed E-state index contributed by atoms with van der Waals surface area (Å²) in [6, 6.07) is 2.16. The lowest BCUT2D eigenvalue weighted by Crippen LogP contribution is -2.17. The van der Waals surface area contributed by atoms with Crippen LogP contribution in [0.25, 0.3) is 0 Å². The van der Waals surface area contributed by atoms with Gasteiger partial charge in [-0.15, -0.1) is 0 Å². The van der Waals surface area contributed by atoms with Crippen LogP contribution in [0.15, 0.2) is 11.2 Å². The summed E-state index contributed by atoms with van der Waals surface area (Å²) in [6.45, 7) is 2.14. The monoisotopic (exact) mass is 277 g/mol. The lowest BCUT2D eigenvalue weighted by molar-refractivity contribution is 0.761. The van der Waals surface area contributed by atoms with Crippen LogP contribution in [0.5, 0.6) is 0 Å². The Morgan fingerprint density at radius 2 is 2.19 bits per heavy atom. The third-order valence-electron chi connectivity index (χ3n) is 2.01. The van der Waals surface area contributed by atoms with E-state index < -0.39 is 0 Å². The zero-order chi connectivity index (χ0) is 12.0. The summed E-state index contributed by atoms with van der Waals surface area (Å²) in [6.07, 6.45) is 5.16. The van der Waals surface area contributed by atoms with Crippen LogP contribution in [0.2, 0.25) is 5.15 Å². The highest BCUT2D eigenvalue weighted by molar-refractivity contribution is 7.98. The Labute approximate surface area is 110 Å². The number of hydrogen-bond donors (Lipinski definition) is 1. The minimum absolute atomic E-state index is 0.396. The average molecular weight is 278 g/mol. The number of aromatic nitrogens is 2. The lowest BCUT2D eigenvalue weighted by atomic mass is 10.2. The molecule has 0 aliphatic rings. The highest BCUT2D eigenvalue weighted by Gasteiger charge is 2.06. The van der Waals surface area contributed by atoms with E-state index in [2.05, 4.69) is 28.5 Å². The minimum Gasteiger partial charge on any atom is -0.367 e. The van der Waals surface area contributed by atoms with Gasteiger partial charge in [-0.2, -0.15) is 11.8 Å². The van der Waals surface area contributed by atoms with Gasteiger partial charge in [0, 0.05) is 12.1 Å². The van der Waals surface area contributed by atoms with E-state index in [0.717, 1.165) is 18.0 Å². The molecule has 0 aliphatic heterocycles. The van der Waals surface area contributed by atoms with Crippen LogP contribution in [-0.2, 0) is 0 Å². The maximum absolute atomic E-state index is 5.91. The molecule has 1 rings (SSSR count). The molecule has 1 N–H and O–H groups in total.